The van der Waals surface area contributed by atoms with Crippen molar-refractivity contribution < 1.29 is 5.11 Å². The number of aromatic amines is 1. The van der Waals surface area contributed by atoms with Gasteiger partial charge < -0.3 is 10.1 Å². The van der Waals surface area contributed by atoms with Gasteiger partial charge in [-0.3, -0.25) is 4.79 Å². The minimum Gasteiger partial charge on any atom is -0.506 e. The summed E-state index contributed by atoms with van der Waals surface area (Å²) in [5.41, 5.74) is 2.31. The molecule has 4 heterocycles. The van der Waals surface area contributed by atoms with Gasteiger partial charge in [-0.2, -0.15) is 0 Å². The van der Waals surface area contributed by atoms with Crippen LogP contribution in [0.3, 0.4) is 0 Å². The van der Waals surface area contributed by atoms with E-state index in [0.29, 0.717) is 10.2 Å². The van der Waals surface area contributed by atoms with Gasteiger partial charge in [-0.25, -0.2) is 4.98 Å². The SMILES string of the molecule is Cc1cc(-c2cccs2)c2c(n1)sc1c(O)cc(=O)[nH]c12. The molecule has 6 heteroatoms. The summed E-state index contributed by atoms with van der Waals surface area (Å²) in [7, 11) is 0. The van der Waals surface area contributed by atoms with E-state index in [1.54, 1.807) is 11.3 Å². The number of fused-ring (bicyclic) bond motifs is 3. The second-order valence-corrected chi connectivity index (χ2v) is 6.74. The average molecular weight is 314 g/mol. The zero-order valence-corrected chi connectivity index (χ0v) is 12.6. The molecule has 0 fully saturated rings. The molecule has 0 bridgehead atoms. The number of aryl methyl sites for hydroxylation is 1. The second kappa shape index (κ2) is 4.41. The van der Waals surface area contributed by atoms with E-state index in [9.17, 15) is 9.90 Å². The molecule has 104 valence electrons. The highest BCUT2D eigenvalue weighted by Gasteiger charge is 2.16. The van der Waals surface area contributed by atoms with Crippen molar-refractivity contribution in [2.75, 3.05) is 0 Å². The predicted molar refractivity (Wildman–Crippen MR) is 87.5 cm³/mol. The summed E-state index contributed by atoms with van der Waals surface area (Å²) in [6, 6.07) is 7.26. The Balaban J connectivity index is 2.26. The van der Waals surface area contributed by atoms with Crippen molar-refractivity contribution in [2.45, 2.75) is 6.92 Å². The van der Waals surface area contributed by atoms with Crippen LogP contribution in [0, 0.1) is 6.92 Å². The molecule has 2 N–H and O–H groups in total. The second-order valence-electron chi connectivity index (χ2n) is 4.79. The van der Waals surface area contributed by atoms with E-state index >= 15 is 0 Å². The van der Waals surface area contributed by atoms with Crippen LogP contribution in [0.2, 0.25) is 0 Å². The zero-order valence-electron chi connectivity index (χ0n) is 11.0. The first-order chi connectivity index (χ1) is 10.1. The van der Waals surface area contributed by atoms with Crippen molar-refractivity contribution in [1.29, 1.82) is 0 Å². The lowest BCUT2D eigenvalue weighted by Gasteiger charge is -2.03. The van der Waals surface area contributed by atoms with Gasteiger partial charge >= 0.3 is 0 Å². The van der Waals surface area contributed by atoms with Crippen LogP contribution in [0.1, 0.15) is 5.69 Å². The number of nitrogens with zero attached hydrogens (tertiary/aromatic N) is 1. The normalized spacial score (nSPS) is 11.5. The van der Waals surface area contributed by atoms with Crippen molar-refractivity contribution in [3.05, 3.63) is 45.7 Å². The number of nitrogens with one attached hydrogen (secondary N) is 1. The van der Waals surface area contributed by atoms with Crippen LogP contribution < -0.4 is 5.56 Å². The lowest BCUT2D eigenvalue weighted by molar-refractivity contribution is 0.481. The molecule has 21 heavy (non-hydrogen) atoms. The fraction of sp³-hybridized carbons (Fsp3) is 0.0667. The lowest BCUT2D eigenvalue weighted by atomic mass is 10.1. The van der Waals surface area contributed by atoms with E-state index in [0.717, 1.165) is 26.4 Å². The maximum atomic E-state index is 11.7. The Labute approximate surface area is 127 Å². The van der Waals surface area contributed by atoms with Crippen LogP contribution in [-0.4, -0.2) is 15.1 Å². The summed E-state index contributed by atoms with van der Waals surface area (Å²) in [6.07, 6.45) is 0. The molecule has 0 unspecified atom stereocenters. The monoisotopic (exact) mass is 314 g/mol. The first kappa shape index (κ1) is 12.6. The Kier molecular flexibility index (Phi) is 2.63. The van der Waals surface area contributed by atoms with Crippen molar-refractivity contribution in [2.24, 2.45) is 0 Å². The number of thiophene rings is 2. The molecule has 0 aliphatic carbocycles. The molecule has 0 saturated carbocycles. The van der Waals surface area contributed by atoms with Crippen LogP contribution in [0.25, 0.3) is 30.9 Å². The van der Waals surface area contributed by atoms with Crippen molar-refractivity contribution in [3.8, 4) is 16.2 Å². The van der Waals surface area contributed by atoms with Crippen molar-refractivity contribution in [1.82, 2.24) is 9.97 Å². The van der Waals surface area contributed by atoms with E-state index in [-0.39, 0.29) is 11.3 Å². The first-order valence-corrected chi connectivity index (χ1v) is 8.03. The standard InChI is InChI=1S/C15H10N2O2S2/c1-7-5-8(10-3-2-4-20-10)12-13-14(21-15(12)16-7)9(18)6-11(19)17-13/h2-6H,1H3,(H2,17,18,19). The summed E-state index contributed by atoms with van der Waals surface area (Å²) in [5, 5.41) is 12.9. The summed E-state index contributed by atoms with van der Waals surface area (Å²) in [4.78, 5) is 21.0. The number of aromatic hydroxyl groups is 1. The highest BCUT2D eigenvalue weighted by molar-refractivity contribution is 7.26. The fourth-order valence-electron chi connectivity index (χ4n) is 2.50. The lowest BCUT2D eigenvalue weighted by Crippen LogP contribution is -2.02. The molecule has 4 aromatic heterocycles. The maximum Gasteiger partial charge on any atom is 0.252 e. The molecule has 0 amide bonds. The Hall–Kier alpha value is -2.18. The topological polar surface area (TPSA) is 66.0 Å². The van der Waals surface area contributed by atoms with Gasteiger partial charge in [-0.05, 0) is 24.4 Å². The largest absolute Gasteiger partial charge is 0.506 e. The van der Waals surface area contributed by atoms with E-state index < -0.39 is 0 Å². The molecular weight excluding hydrogens is 304 g/mol. The predicted octanol–water partition coefficient (Wildman–Crippen LogP) is 3.88. The maximum absolute atomic E-state index is 11.7. The van der Waals surface area contributed by atoms with Gasteiger partial charge in [0.15, 0.2) is 0 Å². The Morgan fingerprint density at radius 2 is 2.19 bits per heavy atom. The number of hydrogen-bond acceptors (Lipinski definition) is 5. The first-order valence-electron chi connectivity index (χ1n) is 6.33. The van der Waals surface area contributed by atoms with Gasteiger partial charge in [0.1, 0.15) is 10.6 Å². The van der Waals surface area contributed by atoms with E-state index in [4.69, 9.17) is 0 Å². The highest BCUT2D eigenvalue weighted by Crippen LogP contribution is 2.41. The van der Waals surface area contributed by atoms with Crippen LogP contribution in [0.5, 0.6) is 5.75 Å². The third-order valence-corrected chi connectivity index (χ3v) is 5.33. The van der Waals surface area contributed by atoms with Crippen LogP contribution in [-0.2, 0) is 0 Å². The smallest absolute Gasteiger partial charge is 0.252 e. The van der Waals surface area contributed by atoms with Gasteiger partial charge in [0, 0.05) is 27.6 Å². The van der Waals surface area contributed by atoms with Crippen LogP contribution in [0.15, 0.2) is 34.4 Å². The minimum atomic E-state index is -0.308. The van der Waals surface area contributed by atoms with Gasteiger partial charge in [-0.15, -0.1) is 22.7 Å². The number of pyridine rings is 2. The molecule has 4 rings (SSSR count). The minimum absolute atomic E-state index is 0.00605. The van der Waals surface area contributed by atoms with Gasteiger partial charge in [0.2, 0.25) is 0 Å². The number of H-pyrrole nitrogens is 1. The molecule has 0 aliphatic rings. The third-order valence-electron chi connectivity index (χ3n) is 3.33. The number of hydrogen-bond donors (Lipinski definition) is 2. The summed E-state index contributed by atoms with van der Waals surface area (Å²) >= 11 is 3.04. The van der Waals surface area contributed by atoms with Gasteiger partial charge in [0.25, 0.3) is 5.56 Å². The summed E-state index contributed by atoms with van der Waals surface area (Å²) in [5.74, 6) is 0.00605. The van der Waals surface area contributed by atoms with E-state index in [1.165, 1.54) is 17.4 Å². The van der Waals surface area contributed by atoms with Crippen LogP contribution in [0.4, 0.5) is 0 Å². The summed E-state index contributed by atoms with van der Waals surface area (Å²) in [6.45, 7) is 1.95. The van der Waals surface area contributed by atoms with Gasteiger partial charge in [0.05, 0.1) is 10.2 Å². The molecule has 0 aliphatic heterocycles. The average Bonchev–Trinajstić information content (AvgIpc) is 3.05. The number of rotatable bonds is 1. The highest BCUT2D eigenvalue weighted by atomic mass is 32.1. The van der Waals surface area contributed by atoms with Crippen molar-refractivity contribution >= 4 is 43.1 Å². The zero-order chi connectivity index (χ0) is 14.6. The van der Waals surface area contributed by atoms with E-state index in [2.05, 4.69) is 9.97 Å². The van der Waals surface area contributed by atoms with Crippen molar-refractivity contribution in [3.63, 3.8) is 0 Å². The van der Waals surface area contributed by atoms with Gasteiger partial charge in [-0.1, -0.05) is 6.07 Å². The molecule has 0 atom stereocenters. The Morgan fingerprint density at radius 1 is 1.33 bits per heavy atom. The quantitative estimate of drug-likeness (QED) is 0.560. The number of aromatic nitrogens is 2. The molecule has 4 aromatic rings. The Bertz CT molecular complexity index is 1030. The van der Waals surface area contributed by atoms with Crippen LogP contribution >= 0.6 is 22.7 Å². The summed E-state index contributed by atoms with van der Waals surface area (Å²) < 4.78 is 0.667. The molecule has 0 aromatic carbocycles. The molecular formula is C15H10N2O2S2. The molecule has 0 saturated heterocycles. The Morgan fingerprint density at radius 3 is 2.95 bits per heavy atom. The molecule has 0 spiro atoms. The third kappa shape index (κ3) is 1.87. The molecule has 0 radical (unpaired) electrons. The van der Waals surface area contributed by atoms with E-state index in [1.807, 2.05) is 30.5 Å². The fourth-order valence-corrected chi connectivity index (χ4v) is 4.36. The molecule has 4 nitrogen and oxygen atoms in total.